The largest absolute Gasteiger partial charge is 0.498 e. The van der Waals surface area contributed by atoms with E-state index in [2.05, 4.69) is 31.2 Å². The fourth-order valence-corrected chi connectivity index (χ4v) is 10.6. The van der Waals surface area contributed by atoms with Gasteiger partial charge < -0.3 is 49.9 Å². The monoisotopic (exact) mass is 1450 g/mol. The minimum atomic E-state index is -4.72. The molecule has 0 aliphatic carbocycles. The molecule has 97 heavy (non-hydrogen) atoms. The van der Waals surface area contributed by atoms with Crippen molar-refractivity contribution in [1.29, 1.82) is 0 Å². The van der Waals surface area contributed by atoms with Crippen molar-refractivity contribution in [2.75, 3.05) is 31.0 Å². The van der Waals surface area contributed by atoms with Crippen LogP contribution in [0.2, 0.25) is 0 Å². The minimum Gasteiger partial charge on any atom is -0.494 e. The normalized spacial score (nSPS) is 16.1. The number of carbonyl (C=O) groups excluding carboxylic acids is 3. The second-order valence-electron chi connectivity index (χ2n) is 23.2. The van der Waals surface area contributed by atoms with E-state index < -0.39 is 160 Å². The maximum Gasteiger partial charge on any atom is 0.498 e. The van der Waals surface area contributed by atoms with E-state index in [4.69, 9.17) is 23.5 Å². The molecule has 4 atom stereocenters. The number of carboxylic acid groups (broad SMARTS) is 1. The summed E-state index contributed by atoms with van der Waals surface area (Å²) in [6.07, 6.45) is -14.5. The molecule has 0 saturated carbocycles. The molecular weight excluding hydrogens is 1400 g/mol. The van der Waals surface area contributed by atoms with Gasteiger partial charge in [-0.05, 0) is 160 Å². The van der Waals surface area contributed by atoms with Gasteiger partial charge in [-0.2, -0.15) is 52.7 Å². The zero-order valence-electron chi connectivity index (χ0n) is 52.1. The molecule has 9 rings (SSSR count). The van der Waals surface area contributed by atoms with Gasteiger partial charge in [0.15, 0.2) is 0 Å². The van der Waals surface area contributed by atoms with Crippen molar-refractivity contribution in [3.8, 4) is 22.8 Å². The lowest BCUT2D eigenvalue weighted by Gasteiger charge is -2.32. The molecule has 5 heterocycles. The van der Waals surface area contributed by atoms with Gasteiger partial charge in [0.25, 0.3) is 11.8 Å². The van der Waals surface area contributed by atoms with Gasteiger partial charge in [0.05, 0.1) is 48.3 Å². The van der Waals surface area contributed by atoms with Crippen molar-refractivity contribution in [3.63, 3.8) is 0 Å². The van der Waals surface area contributed by atoms with Gasteiger partial charge in [0, 0.05) is 47.6 Å². The number of pyridine rings is 2. The molecule has 16 nitrogen and oxygen atoms in total. The second-order valence-corrected chi connectivity index (χ2v) is 23.9. The zero-order chi connectivity index (χ0) is 72.1. The number of methoxy groups -OCH3 is 1. The topological polar surface area (TPSA) is 209 Å². The number of aromatic nitrogens is 2. The SMILES string of the molecule is COC(=O)[C@H](Cc1ccc(B2OC(C)(C)C(C)(C)O2)c2c1CCCO2)NC(=O)c1c(F)cc(N[C@H](C)C(F)(F)F)cc1F.C[C@@H](Nc1cc(F)c(C(=O)N[C@@H](Cc2ccc(-c3ncccc3C(F)(F)F)c3c2CCCO3)C(=O)O)c(F)c1)C(F)(F)F.FC(F)(F)c1cccnc1Br. The third-order valence-corrected chi connectivity index (χ3v) is 16.5. The van der Waals surface area contributed by atoms with Gasteiger partial charge in [0.2, 0.25) is 0 Å². The van der Waals surface area contributed by atoms with Crippen molar-refractivity contribution in [2.45, 2.75) is 140 Å². The minimum absolute atomic E-state index is 0.0277. The molecule has 524 valence electrons. The van der Waals surface area contributed by atoms with Gasteiger partial charge >= 0.3 is 43.8 Å². The molecule has 0 bridgehead atoms. The van der Waals surface area contributed by atoms with Crippen molar-refractivity contribution in [1.82, 2.24) is 20.6 Å². The summed E-state index contributed by atoms with van der Waals surface area (Å²) >= 11 is 2.70. The predicted octanol–water partition coefficient (Wildman–Crippen LogP) is 13.5. The third kappa shape index (κ3) is 18.4. The molecule has 4 aromatic carbocycles. The van der Waals surface area contributed by atoms with Crippen LogP contribution in [0.5, 0.6) is 11.5 Å². The Bertz CT molecular complexity index is 3830. The average molecular weight is 1460 g/mol. The standard InChI is InChI=1S/C29H34BF5N2O6.C28H23F8N3O4.C6H3BrF3N/c1-15(29(33,34)35)36-17-13-20(31)23(21(32)14-17)25(38)37-22(26(39)40-6)12-16-9-10-19(24-18(16)8-7-11-41-24)30-42-27(2,3)28(4,5)43-30;1-13(27(31,32)33)38-15-11-19(29)22(20(30)12-15)25(40)39-21(26(41)42)10-14-6-7-17(24-16(14)4-3-9-43-24)23-18(28(34,35)36)5-2-8-37-23;7-5-4(6(8,9)10)2-1-3-11-5/h9-10,13-15,22,36H,7-8,11-12H2,1-6H3,(H,37,38);2,5-8,11-13,21,38H,3-4,9-10H2,1H3,(H,39,40)(H,41,42);1-3H/t15-,22+;13-,21+;/m11./s1. The first-order valence-corrected chi connectivity index (χ1v) is 30.0. The first kappa shape index (κ1) is 76.0. The summed E-state index contributed by atoms with van der Waals surface area (Å²) in [6.45, 7) is 9.83. The molecule has 3 aliphatic rings. The van der Waals surface area contributed by atoms with Crippen LogP contribution in [0.25, 0.3) is 11.3 Å². The number of rotatable bonds is 16. The van der Waals surface area contributed by atoms with E-state index >= 15 is 0 Å². The van der Waals surface area contributed by atoms with E-state index in [9.17, 15) is 94.5 Å². The summed E-state index contributed by atoms with van der Waals surface area (Å²) in [5.74, 6) is -10.5. The Kier molecular flexibility index (Phi) is 23.6. The van der Waals surface area contributed by atoms with E-state index in [1.807, 2.05) is 43.6 Å². The Hall–Kier alpha value is -8.40. The van der Waals surface area contributed by atoms with Crippen LogP contribution in [0.1, 0.15) is 108 Å². The van der Waals surface area contributed by atoms with Gasteiger partial charge in [-0.3, -0.25) is 14.6 Å². The highest BCUT2D eigenvalue weighted by Crippen LogP contribution is 2.44. The summed E-state index contributed by atoms with van der Waals surface area (Å²) < 4.78 is 242. The molecular formula is C63H60BBrF16N6O10. The van der Waals surface area contributed by atoms with E-state index in [1.165, 1.54) is 30.6 Å². The lowest BCUT2D eigenvalue weighted by atomic mass is 9.75. The Labute approximate surface area is 551 Å². The lowest BCUT2D eigenvalue weighted by molar-refractivity contribution is -0.143. The van der Waals surface area contributed by atoms with Crippen molar-refractivity contribution >= 4 is 63.6 Å². The summed E-state index contributed by atoms with van der Waals surface area (Å²) in [5, 5.41) is 17.9. The van der Waals surface area contributed by atoms with Crippen LogP contribution in [0.15, 0.2) is 89.8 Å². The molecule has 0 unspecified atom stereocenters. The third-order valence-electron chi connectivity index (χ3n) is 15.8. The fraction of sp³-hybridized carbons (Fsp3) is 0.397. The maximum atomic E-state index is 14.8. The molecule has 3 aliphatic heterocycles. The lowest BCUT2D eigenvalue weighted by Crippen LogP contribution is -2.44. The number of aliphatic carboxylic acids is 1. The van der Waals surface area contributed by atoms with Crippen LogP contribution < -0.4 is 36.2 Å². The number of carbonyl (C=O) groups is 4. The maximum absolute atomic E-state index is 14.8. The Morgan fingerprint density at radius 1 is 0.619 bits per heavy atom. The first-order chi connectivity index (χ1) is 45.0. The summed E-state index contributed by atoms with van der Waals surface area (Å²) in [5.41, 5.74) is -3.92. The Morgan fingerprint density at radius 2 is 1.04 bits per heavy atom. The summed E-state index contributed by atoms with van der Waals surface area (Å²) in [7, 11) is 0.398. The molecule has 34 heteroatoms. The number of esters is 1. The molecule has 1 saturated heterocycles. The highest BCUT2D eigenvalue weighted by Gasteiger charge is 2.53. The number of amides is 2. The Balaban J connectivity index is 0.000000236. The molecule has 0 radical (unpaired) electrons. The number of hydrogen-bond acceptors (Lipinski definition) is 13. The zero-order valence-corrected chi connectivity index (χ0v) is 53.7. The quantitative estimate of drug-likeness (QED) is 0.0264. The van der Waals surface area contributed by atoms with Gasteiger partial charge in [-0.15, -0.1) is 0 Å². The van der Waals surface area contributed by atoms with Gasteiger partial charge in [-0.1, -0.05) is 18.2 Å². The number of carboxylic acids is 1. The number of hydrogen-bond donors (Lipinski definition) is 5. The fourth-order valence-electron chi connectivity index (χ4n) is 10.1. The highest BCUT2D eigenvalue weighted by atomic mass is 79.9. The van der Waals surface area contributed by atoms with Crippen molar-refractivity contribution in [3.05, 3.63) is 158 Å². The molecule has 2 amide bonds. The smallest absolute Gasteiger partial charge is 0.494 e. The van der Waals surface area contributed by atoms with E-state index in [0.29, 0.717) is 78.9 Å². The summed E-state index contributed by atoms with van der Waals surface area (Å²) in [4.78, 5) is 57.8. The first-order valence-electron chi connectivity index (χ1n) is 29.2. The van der Waals surface area contributed by atoms with Crippen LogP contribution in [-0.2, 0) is 61.7 Å². The highest BCUT2D eigenvalue weighted by molar-refractivity contribution is 9.10. The molecule has 1 fully saturated rings. The van der Waals surface area contributed by atoms with Crippen molar-refractivity contribution in [2.24, 2.45) is 0 Å². The average Bonchev–Trinajstić information content (AvgIpc) is 1.71. The van der Waals surface area contributed by atoms with Crippen molar-refractivity contribution < 1.29 is 118 Å². The van der Waals surface area contributed by atoms with Gasteiger partial charge in [-0.25, -0.2) is 32.1 Å². The molecule has 0 spiro atoms. The van der Waals surface area contributed by atoms with Crippen LogP contribution in [0.4, 0.5) is 81.6 Å². The van der Waals surface area contributed by atoms with E-state index in [0.717, 1.165) is 44.7 Å². The number of benzene rings is 4. The summed E-state index contributed by atoms with van der Waals surface area (Å²) in [6, 6.07) is 5.08. The molecule has 5 N–H and O–H groups in total. The Morgan fingerprint density at radius 3 is 1.47 bits per heavy atom. The molecule has 6 aromatic rings. The van der Waals surface area contributed by atoms with E-state index in [-0.39, 0.29) is 34.5 Å². The van der Waals surface area contributed by atoms with Crippen LogP contribution in [0.3, 0.4) is 0 Å². The number of halogens is 17. The number of anilines is 2. The predicted molar refractivity (Wildman–Crippen MR) is 322 cm³/mol. The molecule has 2 aromatic heterocycles. The number of alkyl halides is 12. The number of nitrogens with zero attached hydrogens (tertiary/aromatic N) is 2. The van der Waals surface area contributed by atoms with Crippen LogP contribution in [0, 0.1) is 23.3 Å². The second kappa shape index (κ2) is 30.2. The number of nitrogens with one attached hydrogen (secondary N) is 4. The van der Waals surface area contributed by atoms with Gasteiger partial charge in [0.1, 0.15) is 74.7 Å². The number of fused-ring (bicyclic) bond motifs is 2. The van der Waals surface area contributed by atoms with Crippen LogP contribution in [-0.4, -0.2) is 114 Å². The number of ether oxygens (including phenoxy) is 3. The van der Waals surface area contributed by atoms with E-state index in [1.54, 1.807) is 12.1 Å². The van der Waals surface area contributed by atoms with Crippen LogP contribution >= 0.6 is 15.9 Å².